The molecule has 1 fully saturated rings. The molecule has 4 nitrogen and oxygen atoms in total. The SMILES string of the molecule is CCS(=O)(=O)c1ccccc1N(C)C1CCCNCC1. The highest BCUT2D eigenvalue weighted by molar-refractivity contribution is 7.91. The Morgan fingerprint density at radius 1 is 1.25 bits per heavy atom. The minimum Gasteiger partial charge on any atom is -0.371 e. The molecule has 0 radical (unpaired) electrons. The highest BCUT2D eigenvalue weighted by Crippen LogP contribution is 2.28. The smallest absolute Gasteiger partial charge is 0.180 e. The molecule has 20 heavy (non-hydrogen) atoms. The molecule has 1 N–H and O–H groups in total. The molecule has 1 unspecified atom stereocenters. The van der Waals surface area contributed by atoms with E-state index in [1.54, 1.807) is 19.1 Å². The molecule has 1 aliphatic rings. The predicted octanol–water partition coefficient (Wildman–Crippen LogP) is 2.06. The van der Waals surface area contributed by atoms with E-state index in [1.807, 2.05) is 19.2 Å². The molecule has 1 aromatic rings. The van der Waals surface area contributed by atoms with Gasteiger partial charge in [-0.1, -0.05) is 19.1 Å². The van der Waals surface area contributed by atoms with Gasteiger partial charge in [0.1, 0.15) is 0 Å². The van der Waals surface area contributed by atoms with Gasteiger partial charge >= 0.3 is 0 Å². The number of benzene rings is 1. The summed E-state index contributed by atoms with van der Waals surface area (Å²) in [6, 6.07) is 7.75. The number of hydrogen-bond donors (Lipinski definition) is 1. The summed E-state index contributed by atoms with van der Waals surface area (Å²) in [5.41, 5.74) is 0.834. The van der Waals surface area contributed by atoms with E-state index in [-0.39, 0.29) is 5.75 Å². The quantitative estimate of drug-likeness (QED) is 0.924. The van der Waals surface area contributed by atoms with E-state index in [0.717, 1.165) is 38.0 Å². The fourth-order valence-corrected chi connectivity index (χ4v) is 3.88. The third-order valence-corrected chi connectivity index (χ3v) is 5.83. The van der Waals surface area contributed by atoms with E-state index in [9.17, 15) is 8.42 Å². The first kappa shape index (κ1) is 15.3. The zero-order valence-electron chi connectivity index (χ0n) is 12.3. The molecule has 1 atom stereocenters. The van der Waals surface area contributed by atoms with Gasteiger partial charge in [0.25, 0.3) is 0 Å². The molecule has 1 heterocycles. The molecule has 0 aromatic heterocycles. The summed E-state index contributed by atoms with van der Waals surface area (Å²) >= 11 is 0. The van der Waals surface area contributed by atoms with Crippen LogP contribution in [0.4, 0.5) is 5.69 Å². The molecule has 1 saturated heterocycles. The van der Waals surface area contributed by atoms with Crippen molar-refractivity contribution >= 4 is 15.5 Å². The van der Waals surface area contributed by atoms with Crippen molar-refractivity contribution in [2.45, 2.75) is 37.1 Å². The molecule has 112 valence electrons. The molecule has 2 rings (SSSR count). The van der Waals surface area contributed by atoms with Gasteiger partial charge in [0.05, 0.1) is 16.3 Å². The van der Waals surface area contributed by atoms with E-state index in [1.165, 1.54) is 0 Å². The predicted molar refractivity (Wildman–Crippen MR) is 83.1 cm³/mol. The van der Waals surface area contributed by atoms with Crippen LogP contribution in [0, 0.1) is 0 Å². The van der Waals surface area contributed by atoms with Gasteiger partial charge in [0, 0.05) is 13.1 Å². The summed E-state index contributed by atoms with van der Waals surface area (Å²) in [6.45, 7) is 3.75. The average molecular weight is 296 g/mol. The Bertz CT molecular complexity index is 535. The lowest BCUT2D eigenvalue weighted by Gasteiger charge is -2.30. The number of rotatable bonds is 4. The second-order valence-electron chi connectivity index (χ2n) is 5.32. The van der Waals surface area contributed by atoms with Crippen LogP contribution in [-0.2, 0) is 9.84 Å². The Balaban J connectivity index is 2.32. The van der Waals surface area contributed by atoms with Crippen LogP contribution in [0.1, 0.15) is 26.2 Å². The third-order valence-electron chi connectivity index (χ3n) is 4.05. The van der Waals surface area contributed by atoms with Crippen LogP contribution in [-0.4, -0.2) is 40.3 Å². The highest BCUT2D eigenvalue weighted by Gasteiger charge is 2.23. The third kappa shape index (κ3) is 3.33. The summed E-state index contributed by atoms with van der Waals surface area (Å²) in [4.78, 5) is 2.61. The summed E-state index contributed by atoms with van der Waals surface area (Å²) in [5, 5.41) is 3.39. The standard InChI is InChI=1S/C15H24N2O2S/c1-3-20(18,19)15-9-5-4-8-14(15)17(2)13-7-6-11-16-12-10-13/h4-5,8-9,13,16H,3,6-7,10-12H2,1-2H3. The van der Waals surface area contributed by atoms with E-state index >= 15 is 0 Å². The van der Waals surface area contributed by atoms with Gasteiger partial charge in [-0.15, -0.1) is 0 Å². The molecule has 0 aliphatic carbocycles. The molecule has 1 aliphatic heterocycles. The molecule has 0 bridgehead atoms. The van der Waals surface area contributed by atoms with Crippen molar-refractivity contribution in [3.63, 3.8) is 0 Å². The van der Waals surface area contributed by atoms with Crippen LogP contribution in [0.15, 0.2) is 29.2 Å². The number of para-hydroxylation sites is 1. The van der Waals surface area contributed by atoms with Gasteiger partial charge in [-0.2, -0.15) is 0 Å². The van der Waals surface area contributed by atoms with Crippen molar-refractivity contribution in [2.75, 3.05) is 30.8 Å². The Kier molecular flexibility index (Phi) is 5.05. The van der Waals surface area contributed by atoms with Crippen LogP contribution >= 0.6 is 0 Å². The summed E-state index contributed by atoms with van der Waals surface area (Å²) in [6.07, 6.45) is 3.29. The lowest BCUT2D eigenvalue weighted by atomic mass is 10.1. The van der Waals surface area contributed by atoms with E-state index in [4.69, 9.17) is 0 Å². The minimum atomic E-state index is -3.18. The van der Waals surface area contributed by atoms with Gasteiger partial charge in [0.15, 0.2) is 9.84 Å². The van der Waals surface area contributed by atoms with Crippen LogP contribution in [0.25, 0.3) is 0 Å². The van der Waals surface area contributed by atoms with E-state index in [2.05, 4.69) is 10.2 Å². The zero-order valence-corrected chi connectivity index (χ0v) is 13.1. The maximum Gasteiger partial charge on any atom is 0.180 e. The maximum absolute atomic E-state index is 12.2. The van der Waals surface area contributed by atoms with Crippen molar-refractivity contribution in [1.29, 1.82) is 0 Å². The summed E-state index contributed by atoms with van der Waals surface area (Å²) in [5.74, 6) is 0.143. The van der Waals surface area contributed by atoms with Gasteiger partial charge < -0.3 is 10.2 Å². The van der Waals surface area contributed by atoms with Gasteiger partial charge in [0.2, 0.25) is 0 Å². The molecular weight excluding hydrogens is 272 g/mol. The Hall–Kier alpha value is -1.07. The first-order chi connectivity index (χ1) is 9.56. The van der Waals surface area contributed by atoms with Crippen LogP contribution in [0.2, 0.25) is 0 Å². The second-order valence-corrected chi connectivity index (χ2v) is 7.56. The van der Waals surface area contributed by atoms with Gasteiger partial charge in [-0.25, -0.2) is 8.42 Å². The topological polar surface area (TPSA) is 49.4 Å². The minimum absolute atomic E-state index is 0.143. The van der Waals surface area contributed by atoms with Crippen molar-refractivity contribution in [2.24, 2.45) is 0 Å². The van der Waals surface area contributed by atoms with Gasteiger partial charge in [-0.05, 0) is 44.5 Å². The molecular formula is C15H24N2O2S. The normalized spacial score (nSPS) is 20.4. The number of sulfone groups is 1. The average Bonchev–Trinajstić information content (AvgIpc) is 2.75. The zero-order chi connectivity index (χ0) is 14.6. The van der Waals surface area contributed by atoms with Crippen LogP contribution < -0.4 is 10.2 Å². The van der Waals surface area contributed by atoms with Crippen molar-refractivity contribution in [3.8, 4) is 0 Å². The number of anilines is 1. The Labute approximate surface area is 122 Å². The lowest BCUT2D eigenvalue weighted by molar-refractivity contribution is 0.561. The fourth-order valence-electron chi connectivity index (χ4n) is 2.75. The first-order valence-electron chi connectivity index (χ1n) is 7.31. The monoisotopic (exact) mass is 296 g/mol. The highest BCUT2D eigenvalue weighted by atomic mass is 32.2. The molecule has 0 saturated carbocycles. The molecule has 5 heteroatoms. The largest absolute Gasteiger partial charge is 0.371 e. The number of nitrogens with one attached hydrogen (secondary N) is 1. The lowest BCUT2D eigenvalue weighted by Crippen LogP contribution is -2.33. The van der Waals surface area contributed by atoms with Gasteiger partial charge in [-0.3, -0.25) is 0 Å². The van der Waals surface area contributed by atoms with Crippen LogP contribution in [0.5, 0.6) is 0 Å². The molecule has 1 aromatic carbocycles. The molecule has 0 spiro atoms. The van der Waals surface area contributed by atoms with Crippen LogP contribution in [0.3, 0.4) is 0 Å². The first-order valence-corrected chi connectivity index (χ1v) is 8.97. The fraction of sp³-hybridized carbons (Fsp3) is 0.600. The summed E-state index contributed by atoms with van der Waals surface area (Å²) in [7, 11) is -1.17. The summed E-state index contributed by atoms with van der Waals surface area (Å²) < 4.78 is 24.5. The molecule has 0 amide bonds. The van der Waals surface area contributed by atoms with Crippen molar-refractivity contribution in [3.05, 3.63) is 24.3 Å². The second kappa shape index (κ2) is 6.59. The Morgan fingerprint density at radius 2 is 2.00 bits per heavy atom. The van der Waals surface area contributed by atoms with E-state index < -0.39 is 9.84 Å². The maximum atomic E-state index is 12.2. The van der Waals surface area contributed by atoms with E-state index in [0.29, 0.717) is 10.9 Å². The number of nitrogens with zero attached hydrogens (tertiary/aromatic N) is 1. The Morgan fingerprint density at radius 3 is 2.75 bits per heavy atom. The number of hydrogen-bond acceptors (Lipinski definition) is 4. The van der Waals surface area contributed by atoms with Crippen molar-refractivity contribution in [1.82, 2.24) is 5.32 Å². The van der Waals surface area contributed by atoms with Crippen molar-refractivity contribution < 1.29 is 8.42 Å².